The Kier molecular flexibility index (Phi) is 6.80. The van der Waals surface area contributed by atoms with E-state index in [1.807, 2.05) is 18.2 Å². The molecule has 2 aromatic rings. The summed E-state index contributed by atoms with van der Waals surface area (Å²) in [4.78, 5) is 29.2. The number of nitrogens with zero attached hydrogens (tertiary/aromatic N) is 2. The lowest BCUT2D eigenvalue weighted by molar-refractivity contribution is -0.135. The maximum absolute atomic E-state index is 13.1. The van der Waals surface area contributed by atoms with E-state index >= 15 is 0 Å². The number of furan rings is 1. The Labute approximate surface area is 171 Å². The number of carbonyl (C=O) groups excluding carboxylic acids is 2. The molecule has 0 radical (unpaired) electrons. The van der Waals surface area contributed by atoms with E-state index in [0.29, 0.717) is 37.4 Å². The van der Waals surface area contributed by atoms with Crippen molar-refractivity contribution in [2.24, 2.45) is 0 Å². The number of hydrogen-bond acceptors (Lipinski definition) is 5. The van der Waals surface area contributed by atoms with Gasteiger partial charge in [0.1, 0.15) is 6.04 Å². The maximum Gasteiger partial charge on any atom is 0.290 e. The Morgan fingerprint density at radius 3 is 2.66 bits per heavy atom. The predicted octanol–water partition coefficient (Wildman–Crippen LogP) is 2.99. The Balaban J connectivity index is 1.64. The molecule has 1 atom stereocenters. The summed E-state index contributed by atoms with van der Waals surface area (Å²) in [6.07, 6.45) is 4.66. The number of rotatable bonds is 7. The number of carbonyl (C=O) groups is 2. The van der Waals surface area contributed by atoms with Gasteiger partial charge in [-0.15, -0.1) is 0 Å². The van der Waals surface area contributed by atoms with E-state index < -0.39 is 6.04 Å². The number of methoxy groups -OCH3 is 2. The molecule has 1 unspecified atom stereocenters. The van der Waals surface area contributed by atoms with Gasteiger partial charge in [-0.1, -0.05) is 6.07 Å². The molecule has 1 aromatic carbocycles. The average Bonchev–Trinajstić information content (AvgIpc) is 3.31. The van der Waals surface area contributed by atoms with Gasteiger partial charge in [0, 0.05) is 20.1 Å². The molecule has 1 aliphatic heterocycles. The van der Waals surface area contributed by atoms with Crippen molar-refractivity contribution in [3.05, 3.63) is 47.9 Å². The Hall–Kier alpha value is -2.96. The molecule has 0 N–H and O–H groups in total. The molecule has 7 heteroatoms. The van der Waals surface area contributed by atoms with Crippen LogP contribution in [0.5, 0.6) is 11.5 Å². The van der Waals surface area contributed by atoms with Crippen LogP contribution in [0.3, 0.4) is 0 Å². The Morgan fingerprint density at radius 2 is 1.97 bits per heavy atom. The van der Waals surface area contributed by atoms with E-state index in [1.165, 1.54) is 6.26 Å². The molecule has 1 aromatic heterocycles. The molecule has 7 nitrogen and oxygen atoms in total. The highest BCUT2D eigenvalue weighted by Crippen LogP contribution is 2.28. The maximum atomic E-state index is 13.1. The molecule has 2 heterocycles. The fourth-order valence-electron chi connectivity index (χ4n) is 3.67. The summed E-state index contributed by atoms with van der Waals surface area (Å²) in [6.45, 7) is 1.12. The van der Waals surface area contributed by atoms with Crippen molar-refractivity contribution in [3.63, 3.8) is 0 Å². The van der Waals surface area contributed by atoms with E-state index in [4.69, 9.17) is 13.9 Å². The minimum atomic E-state index is -0.447. The smallest absolute Gasteiger partial charge is 0.290 e. The highest BCUT2D eigenvalue weighted by atomic mass is 16.5. The predicted molar refractivity (Wildman–Crippen MR) is 108 cm³/mol. The van der Waals surface area contributed by atoms with Crippen molar-refractivity contribution in [3.8, 4) is 11.5 Å². The van der Waals surface area contributed by atoms with Crippen molar-refractivity contribution in [2.45, 2.75) is 31.7 Å². The minimum absolute atomic E-state index is 0.0370. The van der Waals surface area contributed by atoms with Crippen LogP contribution in [0.25, 0.3) is 0 Å². The molecule has 2 amide bonds. The first kappa shape index (κ1) is 20.8. The first-order chi connectivity index (χ1) is 14.0. The van der Waals surface area contributed by atoms with Crippen LogP contribution >= 0.6 is 0 Å². The minimum Gasteiger partial charge on any atom is -0.493 e. The molecule has 1 aliphatic rings. The molecule has 0 aliphatic carbocycles. The van der Waals surface area contributed by atoms with Gasteiger partial charge in [-0.05, 0) is 55.5 Å². The quantitative estimate of drug-likeness (QED) is 0.714. The number of benzene rings is 1. The monoisotopic (exact) mass is 400 g/mol. The van der Waals surface area contributed by atoms with Crippen LogP contribution in [-0.4, -0.2) is 62.0 Å². The summed E-state index contributed by atoms with van der Waals surface area (Å²) in [5.74, 6) is 1.36. The zero-order chi connectivity index (χ0) is 20.8. The molecule has 1 fully saturated rings. The van der Waals surface area contributed by atoms with E-state index in [9.17, 15) is 9.59 Å². The fourth-order valence-corrected chi connectivity index (χ4v) is 3.67. The van der Waals surface area contributed by atoms with Crippen molar-refractivity contribution in [1.29, 1.82) is 0 Å². The van der Waals surface area contributed by atoms with Crippen LogP contribution in [0.1, 0.15) is 35.4 Å². The Morgan fingerprint density at radius 1 is 1.17 bits per heavy atom. The van der Waals surface area contributed by atoms with E-state index in [2.05, 4.69) is 0 Å². The van der Waals surface area contributed by atoms with Crippen molar-refractivity contribution in [1.82, 2.24) is 9.80 Å². The number of amides is 2. The van der Waals surface area contributed by atoms with Crippen molar-refractivity contribution < 1.29 is 23.5 Å². The fraction of sp³-hybridized carbons (Fsp3) is 0.455. The van der Waals surface area contributed by atoms with Gasteiger partial charge in [0.25, 0.3) is 5.91 Å². The molecule has 0 spiro atoms. The summed E-state index contributed by atoms with van der Waals surface area (Å²) in [6, 6.07) is 8.62. The van der Waals surface area contributed by atoms with Crippen LogP contribution in [0, 0.1) is 0 Å². The van der Waals surface area contributed by atoms with Crippen LogP contribution in [0.4, 0.5) is 0 Å². The number of ether oxygens (including phenoxy) is 2. The number of likely N-dealkylation sites (N-methyl/N-ethyl adjacent to an activating group) is 1. The van der Waals surface area contributed by atoms with Gasteiger partial charge in [-0.2, -0.15) is 0 Å². The second kappa shape index (κ2) is 9.49. The van der Waals surface area contributed by atoms with Gasteiger partial charge in [0.2, 0.25) is 5.91 Å². The van der Waals surface area contributed by atoms with Gasteiger partial charge >= 0.3 is 0 Å². The lowest BCUT2D eigenvalue weighted by Crippen LogP contribution is -2.52. The average molecular weight is 400 g/mol. The van der Waals surface area contributed by atoms with Gasteiger partial charge in [0.15, 0.2) is 17.3 Å². The highest BCUT2D eigenvalue weighted by molar-refractivity contribution is 5.95. The van der Waals surface area contributed by atoms with E-state index in [-0.39, 0.29) is 17.6 Å². The number of likely N-dealkylation sites (tertiary alicyclic amines) is 1. The SMILES string of the molecule is COc1ccc(CCN(C)C(=O)C2CCCCN2C(=O)c2ccco2)cc1OC. The van der Waals surface area contributed by atoms with Crippen molar-refractivity contribution in [2.75, 3.05) is 34.4 Å². The summed E-state index contributed by atoms with van der Waals surface area (Å²) < 4.78 is 15.9. The molecular weight excluding hydrogens is 372 g/mol. The zero-order valence-electron chi connectivity index (χ0n) is 17.2. The van der Waals surface area contributed by atoms with Gasteiger partial charge in [-0.25, -0.2) is 0 Å². The zero-order valence-corrected chi connectivity index (χ0v) is 17.2. The third kappa shape index (κ3) is 4.72. The third-order valence-corrected chi connectivity index (χ3v) is 5.34. The molecule has 1 saturated heterocycles. The summed E-state index contributed by atoms with van der Waals surface area (Å²) >= 11 is 0. The standard InChI is InChI=1S/C22H28N2O5/c1-23(13-11-16-9-10-18(27-2)20(15-16)28-3)21(25)17-7-4-5-12-24(17)22(26)19-8-6-14-29-19/h6,8-10,14-15,17H,4-5,7,11-13H2,1-3H3. The molecule has 156 valence electrons. The lowest BCUT2D eigenvalue weighted by Gasteiger charge is -2.36. The van der Waals surface area contributed by atoms with Crippen molar-refractivity contribution >= 4 is 11.8 Å². The second-order valence-electron chi connectivity index (χ2n) is 7.19. The first-order valence-corrected chi connectivity index (χ1v) is 9.85. The largest absolute Gasteiger partial charge is 0.493 e. The summed E-state index contributed by atoms with van der Waals surface area (Å²) in [7, 11) is 4.99. The Bertz CT molecular complexity index is 834. The molecule has 0 saturated carbocycles. The normalized spacial score (nSPS) is 16.4. The van der Waals surface area contributed by atoms with Crippen LogP contribution < -0.4 is 9.47 Å². The summed E-state index contributed by atoms with van der Waals surface area (Å²) in [5.41, 5.74) is 1.05. The third-order valence-electron chi connectivity index (χ3n) is 5.34. The summed E-state index contributed by atoms with van der Waals surface area (Å²) in [5, 5.41) is 0. The van der Waals surface area contributed by atoms with Crippen LogP contribution in [0.2, 0.25) is 0 Å². The topological polar surface area (TPSA) is 72.2 Å². The first-order valence-electron chi connectivity index (χ1n) is 9.85. The molecular formula is C22H28N2O5. The molecule has 0 bridgehead atoms. The number of piperidine rings is 1. The highest BCUT2D eigenvalue weighted by Gasteiger charge is 2.35. The lowest BCUT2D eigenvalue weighted by atomic mass is 10.00. The van der Waals surface area contributed by atoms with Crippen LogP contribution in [-0.2, 0) is 11.2 Å². The van der Waals surface area contributed by atoms with Gasteiger partial charge in [0.05, 0.1) is 20.5 Å². The molecule has 29 heavy (non-hydrogen) atoms. The van der Waals surface area contributed by atoms with E-state index in [0.717, 1.165) is 18.4 Å². The van der Waals surface area contributed by atoms with E-state index in [1.54, 1.807) is 43.2 Å². The second-order valence-corrected chi connectivity index (χ2v) is 7.19. The number of hydrogen-bond donors (Lipinski definition) is 0. The van der Waals surface area contributed by atoms with Gasteiger partial charge < -0.3 is 23.7 Å². The van der Waals surface area contributed by atoms with Gasteiger partial charge in [-0.3, -0.25) is 9.59 Å². The molecule has 3 rings (SSSR count). The van der Waals surface area contributed by atoms with Crippen LogP contribution in [0.15, 0.2) is 41.0 Å².